The molecule has 114 valence electrons. The second kappa shape index (κ2) is 5.70. The number of rotatable bonds is 3. The first-order chi connectivity index (χ1) is 10.2. The number of fused-ring (bicyclic) bond motifs is 3. The molecule has 0 heterocycles. The van der Waals surface area contributed by atoms with E-state index in [4.69, 9.17) is 0 Å². The van der Waals surface area contributed by atoms with Crippen molar-refractivity contribution in [3.8, 4) is 0 Å². The van der Waals surface area contributed by atoms with Crippen LogP contribution in [-0.4, -0.2) is 12.1 Å². The molecule has 21 heavy (non-hydrogen) atoms. The van der Waals surface area contributed by atoms with Crippen LogP contribution in [0.2, 0.25) is 0 Å². The van der Waals surface area contributed by atoms with Crippen molar-refractivity contribution in [3.05, 3.63) is 33.8 Å². The Morgan fingerprint density at radius 2 is 2.05 bits per heavy atom. The predicted molar refractivity (Wildman–Crippen MR) is 91.5 cm³/mol. The van der Waals surface area contributed by atoms with Gasteiger partial charge in [-0.05, 0) is 86.5 Å². The Labute approximate surface area is 137 Å². The fourth-order valence-corrected chi connectivity index (χ4v) is 5.68. The summed E-state index contributed by atoms with van der Waals surface area (Å²) >= 11 is 3.59. The summed E-state index contributed by atoms with van der Waals surface area (Å²) in [4.78, 5) is 0. The molecule has 4 rings (SSSR count). The van der Waals surface area contributed by atoms with Gasteiger partial charge >= 0.3 is 0 Å². The van der Waals surface area contributed by atoms with Crippen LogP contribution in [0.3, 0.4) is 0 Å². The van der Waals surface area contributed by atoms with E-state index in [2.05, 4.69) is 46.4 Å². The van der Waals surface area contributed by atoms with Gasteiger partial charge in [0.2, 0.25) is 0 Å². The maximum absolute atomic E-state index is 3.99. The SMILES string of the molecule is CC(NC1CCc2cc(Br)ccc2C1)C1CC2CCC1C2. The van der Waals surface area contributed by atoms with Crippen LogP contribution in [0.25, 0.3) is 0 Å². The van der Waals surface area contributed by atoms with E-state index in [0.29, 0.717) is 12.1 Å². The van der Waals surface area contributed by atoms with Crippen molar-refractivity contribution in [2.24, 2.45) is 17.8 Å². The highest BCUT2D eigenvalue weighted by Gasteiger charge is 2.42. The van der Waals surface area contributed by atoms with Crippen molar-refractivity contribution >= 4 is 15.9 Å². The number of nitrogens with one attached hydrogen (secondary N) is 1. The minimum Gasteiger partial charge on any atom is -0.311 e. The maximum Gasteiger partial charge on any atom is 0.0178 e. The van der Waals surface area contributed by atoms with Crippen LogP contribution >= 0.6 is 15.9 Å². The van der Waals surface area contributed by atoms with Gasteiger partial charge in [0.05, 0.1) is 0 Å². The van der Waals surface area contributed by atoms with Crippen LogP contribution in [0.15, 0.2) is 22.7 Å². The number of aryl methyl sites for hydroxylation is 1. The Morgan fingerprint density at radius 1 is 1.14 bits per heavy atom. The van der Waals surface area contributed by atoms with Gasteiger partial charge in [0, 0.05) is 16.6 Å². The van der Waals surface area contributed by atoms with E-state index >= 15 is 0 Å². The topological polar surface area (TPSA) is 12.0 Å². The first kappa shape index (κ1) is 14.3. The lowest BCUT2D eigenvalue weighted by Crippen LogP contribution is -2.45. The lowest BCUT2D eigenvalue weighted by Gasteiger charge is -2.34. The Bertz CT molecular complexity index is 526. The summed E-state index contributed by atoms with van der Waals surface area (Å²) in [6, 6.07) is 8.22. The van der Waals surface area contributed by atoms with Gasteiger partial charge in [0.25, 0.3) is 0 Å². The van der Waals surface area contributed by atoms with E-state index in [-0.39, 0.29) is 0 Å². The van der Waals surface area contributed by atoms with E-state index in [0.717, 1.165) is 17.8 Å². The molecule has 1 aromatic rings. The van der Waals surface area contributed by atoms with Crippen molar-refractivity contribution in [2.45, 2.75) is 64.0 Å². The Kier molecular flexibility index (Phi) is 3.87. The molecule has 0 aliphatic heterocycles. The van der Waals surface area contributed by atoms with Crippen molar-refractivity contribution in [1.29, 1.82) is 0 Å². The number of hydrogen-bond donors (Lipinski definition) is 1. The summed E-state index contributed by atoms with van der Waals surface area (Å²) in [5.74, 6) is 3.05. The smallest absolute Gasteiger partial charge is 0.0178 e. The second-order valence-corrected chi connectivity index (χ2v) is 8.56. The van der Waals surface area contributed by atoms with Gasteiger partial charge in [-0.1, -0.05) is 28.4 Å². The van der Waals surface area contributed by atoms with Crippen LogP contribution in [0.5, 0.6) is 0 Å². The molecule has 0 aromatic heterocycles. The molecule has 0 saturated heterocycles. The zero-order valence-electron chi connectivity index (χ0n) is 12.9. The minimum atomic E-state index is 0.688. The van der Waals surface area contributed by atoms with E-state index < -0.39 is 0 Å². The highest BCUT2D eigenvalue weighted by molar-refractivity contribution is 9.10. The molecule has 2 bridgehead atoms. The Hall–Kier alpha value is -0.340. The fourth-order valence-electron chi connectivity index (χ4n) is 5.27. The summed E-state index contributed by atoms with van der Waals surface area (Å²) in [6.07, 6.45) is 9.79. The average molecular weight is 348 g/mol. The second-order valence-electron chi connectivity index (χ2n) is 7.65. The third-order valence-corrected chi connectivity index (χ3v) is 6.82. The normalized spacial score (nSPS) is 35.7. The first-order valence-electron chi connectivity index (χ1n) is 8.72. The van der Waals surface area contributed by atoms with E-state index in [1.54, 1.807) is 11.1 Å². The van der Waals surface area contributed by atoms with Gasteiger partial charge in [-0.2, -0.15) is 0 Å². The summed E-state index contributed by atoms with van der Waals surface area (Å²) in [7, 11) is 0. The summed E-state index contributed by atoms with van der Waals surface area (Å²) < 4.78 is 1.23. The monoisotopic (exact) mass is 347 g/mol. The molecule has 1 aromatic carbocycles. The molecule has 1 N–H and O–H groups in total. The van der Waals surface area contributed by atoms with Crippen molar-refractivity contribution < 1.29 is 0 Å². The summed E-state index contributed by atoms with van der Waals surface area (Å²) in [5, 5.41) is 3.99. The van der Waals surface area contributed by atoms with Crippen LogP contribution < -0.4 is 5.32 Å². The predicted octanol–water partition coefficient (Wildman–Crippen LogP) is 4.72. The first-order valence-corrected chi connectivity index (χ1v) is 9.51. The van der Waals surface area contributed by atoms with E-state index in [1.165, 1.54) is 49.4 Å². The van der Waals surface area contributed by atoms with Gasteiger partial charge in [-0.25, -0.2) is 0 Å². The standard InChI is InChI=1S/C19H26BrN/c1-12(19-9-13-2-3-16(19)8-13)21-18-7-5-14-10-17(20)6-4-15(14)11-18/h4,6,10,12-13,16,18-19,21H,2-3,5,7-9,11H2,1H3. The molecule has 5 atom stereocenters. The fraction of sp³-hybridized carbons (Fsp3) is 0.684. The quantitative estimate of drug-likeness (QED) is 0.833. The van der Waals surface area contributed by atoms with Crippen LogP contribution in [0.1, 0.15) is 50.2 Å². The van der Waals surface area contributed by atoms with Gasteiger partial charge in [-0.15, -0.1) is 0 Å². The molecular formula is C19H26BrN. The molecule has 5 unspecified atom stereocenters. The number of hydrogen-bond acceptors (Lipinski definition) is 1. The van der Waals surface area contributed by atoms with Gasteiger partial charge in [-0.3, -0.25) is 0 Å². The third-order valence-electron chi connectivity index (χ3n) is 6.33. The van der Waals surface area contributed by atoms with Crippen molar-refractivity contribution in [2.75, 3.05) is 0 Å². The zero-order chi connectivity index (χ0) is 14.4. The molecule has 2 fully saturated rings. The van der Waals surface area contributed by atoms with Crippen molar-refractivity contribution in [1.82, 2.24) is 5.32 Å². The lowest BCUT2D eigenvalue weighted by molar-refractivity contribution is 0.239. The molecule has 2 saturated carbocycles. The minimum absolute atomic E-state index is 0.688. The highest BCUT2D eigenvalue weighted by Crippen LogP contribution is 2.49. The highest BCUT2D eigenvalue weighted by atomic mass is 79.9. The Balaban J connectivity index is 1.39. The van der Waals surface area contributed by atoms with Crippen LogP contribution in [0.4, 0.5) is 0 Å². The van der Waals surface area contributed by atoms with Crippen LogP contribution in [-0.2, 0) is 12.8 Å². The zero-order valence-corrected chi connectivity index (χ0v) is 14.5. The van der Waals surface area contributed by atoms with Gasteiger partial charge < -0.3 is 5.32 Å². The molecule has 0 radical (unpaired) electrons. The molecule has 3 aliphatic carbocycles. The largest absolute Gasteiger partial charge is 0.311 e. The molecule has 1 nitrogen and oxygen atoms in total. The molecule has 0 spiro atoms. The molecular weight excluding hydrogens is 322 g/mol. The molecule has 0 amide bonds. The Morgan fingerprint density at radius 3 is 2.81 bits per heavy atom. The number of benzene rings is 1. The third kappa shape index (κ3) is 2.82. The van der Waals surface area contributed by atoms with Crippen LogP contribution in [0, 0.1) is 17.8 Å². The van der Waals surface area contributed by atoms with E-state index in [1.807, 2.05) is 0 Å². The molecule has 2 heteroatoms. The molecule has 3 aliphatic rings. The lowest BCUT2D eigenvalue weighted by atomic mass is 9.82. The maximum atomic E-state index is 3.99. The summed E-state index contributed by atoms with van der Waals surface area (Å²) in [6.45, 7) is 2.45. The number of halogens is 1. The summed E-state index contributed by atoms with van der Waals surface area (Å²) in [5.41, 5.74) is 3.11. The van der Waals surface area contributed by atoms with Gasteiger partial charge in [0.15, 0.2) is 0 Å². The van der Waals surface area contributed by atoms with Crippen molar-refractivity contribution in [3.63, 3.8) is 0 Å². The van der Waals surface area contributed by atoms with E-state index in [9.17, 15) is 0 Å². The average Bonchev–Trinajstić information content (AvgIpc) is 3.10. The van der Waals surface area contributed by atoms with Gasteiger partial charge in [0.1, 0.15) is 0 Å².